The average Bonchev–Trinajstić information content (AvgIpc) is 2.39. The fraction of sp³-hybridized carbons (Fsp3) is 0.471. The Bertz CT molecular complexity index is 410. The van der Waals surface area contributed by atoms with Gasteiger partial charge in [0.15, 0.2) is 0 Å². The van der Waals surface area contributed by atoms with Crippen LogP contribution in [0, 0.1) is 5.92 Å². The van der Waals surface area contributed by atoms with Crippen molar-refractivity contribution in [2.75, 3.05) is 6.61 Å². The molecule has 0 amide bonds. The molecule has 3 heteroatoms. The van der Waals surface area contributed by atoms with E-state index in [1.165, 1.54) is 0 Å². The molecule has 0 aliphatic carbocycles. The van der Waals surface area contributed by atoms with E-state index in [0.717, 1.165) is 12.0 Å². The van der Waals surface area contributed by atoms with E-state index >= 15 is 0 Å². The lowest BCUT2D eigenvalue weighted by atomic mass is 10.1. The van der Waals surface area contributed by atoms with Crippen LogP contribution in [0.15, 0.2) is 42.5 Å². The molecule has 0 bridgehead atoms. The highest BCUT2D eigenvalue weighted by atomic mass is 16.6. The monoisotopic (exact) mass is 276 g/mol. The summed E-state index contributed by atoms with van der Waals surface area (Å²) in [5.74, 6) is 0.166. The van der Waals surface area contributed by atoms with Crippen LogP contribution in [-0.2, 0) is 20.9 Å². The molecule has 0 fully saturated rings. The van der Waals surface area contributed by atoms with E-state index in [-0.39, 0.29) is 18.7 Å². The predicted molar refractivity (Wildman–Crippen MR) is 80.2 cm³/mol. The molecule has 3 nitrogen and oxygen atoms in total. The summed E-state index contributed by atoms with van der Waals surface area (Å²) in [7, 11) is 0. The van der Waals surface area contributed by atoms with Gasteiger partial charge in [0, 0.05) is 0 Å². The molecule has 1 aromatic rings. The minimum Gasteiger partial charge on any atom is -0.456 e. The summed E-state index contributed by atoms with van der Waals surface area (Å²) in [5, 5.41) is 0. The lowest BCUT2D eigenvalue weighted by Gasteiger charge is -2.16. The van der Waals surface area contributed by atoms with E-state index in [0.29, 0.717) is 12.5 Å². The number of carbonyl (C=O) groups is 1. The largest absolute Gasteiger partial charge is 0.456 e. The van der Waals surface area contributed by atoms with Gasteiger partial charge in [0.2, 0.25) is 0 Å². The number of carbonyl (C=O) groups excluding carboxylic acids is 1. The predicted octanol–water partition coefficient (Wildman–Crippen LogP) is 3.74. The van der Waals surface area contributed by atoms with Crippen molar-refractivity contribution in [3.05, 3.63) is 48.0 Å². The summed E-state index contributed by atoms with van der Waals surface area (Å²) in [4.78, 5) is 11.7. The van der Waals surface area contributed by atoms with Crippen molar-refractivity contribution < 1.29 is 14.3 Å². The van der Waals surface area contributed by atoms with Crippen molar-refractivity contribution >= 4 is 5.97 Å². The molecular formula is C17H24O3. The molecule has 20 heavy (non-hydrogen) atoms. The summed E-state index contributed by atoms with van der Waals surface area (Å²) in [6.07, 6.45) is 4.49. The Morgan fingerprint density at radius 2 is 1.95 bits per heavy atom. The molecule has 1 aromatic carbocycles. The zero-order valence-electron chi connectivity index (χ0n) is 12.5. The Morgan fingerprint density at radius 3 is 2.55 bits per heavy atom. The van der Waals surface area contributed by atoms with Gasteiger partial charge in [-0.05, 0) is 30.9 Å². The van der Waals surface area contributed by atoms with Gasteiger partial charge in [-0.1, -0.05) is 50.3 Å². The second kappa shape index (κ2) is 9.32. The van der Waals surface area contributed by atoms with Crippen LogP contribution in [0.1, 0.15) is 32.8 Å². The fourth-order valence-electron chi connectivity index (χ4n) is 1.87. The van der Waals surface area contributed by atoms with Crippen LogP contribution in [-0.4, -0.2) is 18.7 Å². The summed E-state index contributed by atoms with van der Waals surface area (Å²) < 4.78 is 10.8. The number of hydrogen-bond acceptors (Lipinski definition) is 3. The minimum atomic E-state index is -0.315. The smallest absolute Gasteiger partial charge is 0.332 e. The second-order valence-corrected chi connectivity index (χ2v) is 5.16. The Labute approximate surface area is 121 Å². The standard InChI is InChI=1S/C17H24O3/c1-4-8-16(11-14(2)3)20-17(18)13-19-12-15-9-6-5-7-10-15/h4-10,14,16H,11-13H2,1-3H3/b8-4-. The Hall–Kier alpha value is -1.61. The van der Waals surface area contributed by atoms with Gasteiger partial charge in [0.25, 0.3) is 0 Å². The van der Waals surface area contributed by atoms with Crippen LogP contribution in [0.4, 0.5) is 0 Å². The molecule has 0 saturated heterocycles. The molecule has 110 valence electrons. The van der Waals surface area contributed by atoms with Crippen molar-refractivity contribution in [3.8, 4) is 0 Å². The van der Waals surface area contributed by atoms with E-state index in [1.807, 2.05) is 49.4 Å². The Morgan fingerprint density at radius 1 is 1.25 bits per heavy atom. The lowest BCUT2D eigenvalue weighted by Crippen LogP contribution is -2.21. The van der Waals surface area contributed by atoms with Crippen LogP contribution in [0.3, 0.4) is 0 Å². The first-order valence-corrected chi connectivity index (χ1v) is 7.05. The van der Waals surface area contributed by atoms with Crippen LogP contribution in [0.5, 0.6) is 0 Å². The van der Waals surface area contributed by atoms with Gasteiger partial charge in [-0.3, -0.25) is 0 Å². The molecule has 0 saturated carbocycles. The van der Waals surface area contributed by atoms with Gasteiger partial charge in [-0.15, -0.1) is 0 Å². The number of allylic oxidation sites excluding steroid dienone is 1. The fourth-order valence-corrected chi connectivity index (χ4v) is 1.87. The molecule has 0 heterocycles. The number of esters is 1. The quantitative estimate of drug-likeness (QED) is 0.536. The molecule has 0 aliphatic rings. The van der Waals surface area contributed by atoms with Gasteiger partial charge >= 0.3 is 5.97 Å². The molecule has 0 N–H and O–H groups in total. The van der Waals surface area contributed by atoms with Crippen molar-refractivity contribution in [2.24, 2.45) is 5.92 Å². The van der Waals surface area contributed by atoms with Gasteiger partial charge in [-0.2, -0.15) is 0 Å². The van der Waals surface area contributed by atoms with Crippen molar-refractivity contribution in [3.63, 3.8) is 0 Å². The molecule has 0 radical (unpaired) electrons. The zero-order chi connectivity index (χ0) is 14.8. The zero-order valence-corrected chi connectivity index (χ0v) is 12.5. The highest BCUT2D eigenvalue weighted by Gasteiger charge is 2.13. The highest BCUT2D eigenvalue weighted by Crippen LogP contribution is 2.10. The first kappa shape index (κ1) is 16.4. The third kappa shape index (κ3) is 7.10. The Kier molecular flexibility index (Phi) is 7.66. The summed E-state index contributed by atoms with van der Waals surface area (Å²) in [6, 6.07) is 9.77. The minimum absolute atomic E-state index is 0.0129. The van der Waals surface area contributed by atoms with Crippen molar-refractivity contribution in [1.29, 1.82) is 0 Å². The topological polar surface area (TPSA) is 35.5 Å². The summed E-state index contributed by atoms with van der Waals surface area (Å²) in [5.41, 5.74) is 1.05. The molecule has 0 spiro atoms. The van der Waals surface area contributed by atoms with Gasteiger partial charge in [0.1, 0.15) is 12.7 Å². The molecule has 1 atom stereocenters. The summed E-state index contributed by atoms with van der Waals surface area (Å²) in [6.45, 7) is 6.55. The van der Waals surface area contributed by atoms with E-state index < -0.39 is 0 Å². The number of rotatable bonds is 8. The van der Waals surface area contributed by atoms with Crippen LogP contribution >= 0.6 is 0 Å². The molecule has 1 unspecified atom stereocenters. The van der Waals surface area contributed by atoms with Gasteiger partial charge < -0.3 is 9.47 Å². The molecule has 0 aliphatic heterocycles. The normalized spacial score (nSPS) is 12.8. The number of benzene rings is 1. The maximum atomic E-state index is 11.7. The third-order valence-corrected chi connectivity index (χ3v) is 2.73. The SMILES string of the molecule is C/C=C\C(CC(C)C)OC(=O)COCc1ccccc1. The average molecular weight is 276 g/mol. The van der Waals surface area contributed by atoms with E-state index in [4.69, 9.17) is 9.47 Å². The van der Waals surface area contributed by atoms with Crippen LogP contribution in [0.2, 0.25) is 0 Å². The van der Waals surface area contributed by atoms with Crippen molar-refractivity contribution in [2.45, 2.75) is 39.9 Å². The maximum Gasteiger partial charge on any atom is 0.332 e. The molecular weight excluding hydrogens is 252 g/mol. The van der Waals surface area contributed by atoms with Crippen LogP contribution in [0.25, 0.3) is 0 Å². The summed E-state index contributed by atoms with van der Waals surface area (Å²) >= 11 is 0. The van der Waals surface area contributed by atoms with Crippen molar-refractivity contribution in [1.82, 2.24) is 0 Å². The lowest BCUT2D eigenvalue weighted by molar-refractivity contribution is -0.153. The van der Waals surface area contributed by atoms with Gasteiger partial charge in [-0.25, -0.2) is 4.79 Å². The van der Waals surface area contributed by atoms with E-state index in [2.05, 4.69) is 13.8 Å². The highest BCUT2D eigenvalue weighted by molar-refractivity contribution is 5.71. The van der Waals surface area contributed by atoms with E-state index in [9.17, 15) is 4.79 Å². The first-order chi connectivity index (χ1) is 9.61. The molecule has 1 rings (SSSR count). The Balaban J connectivity index is 2.31. The maximum absolute atomic E-state index is 11.7. The van der Waals surface area contributed by atoms with Crippen LogP contribution < -0.4 is 0 Å². The molecule has 0 aromatic heterocycles. The van der Waals surface area contributed by atoms with E-state index in [1.54, 1.807) is 0 Å². The second-order valence-electron chi connectivity index (χ2n) is 5.16. The first-order valence-electron chi connectivity index (χ1n) is 7.05. The third-order valence-electron chi connectivity index (χ3n) is 2.73. The number of hydrogen-bond donors (Lipinski definition) is 0. The van der Waals surface area contributed by atoms with Gasteiger partial charge in [0.05, 0.1) is 6.61 Å². The number of ether oxygens (including phenoxy) is 2.